The average molecular weight is 504 g/mol. The first-order valence-corrected chi connectivity index (χ1v) is 13.8. The number of hydrogen-bond donors (Lipinski definition) is 2. The van der Waals surface area contributed by atoms with E-state index in [9.17, 15) is 4.79 Å². The van der Waals surface area contributed by atoms with Crippen molar-refractivity contribution in [3.63, 3.8) is 0 Å². The average Bonchev–Trinajstić information content (AvgIpc) is 3.60. The fraction of sp³-hybridized carbons (Fsp3) is 0.552. The molecule has 1 spiro atoms. The summed E-state index contributed by atoms with van der Waals surface area (Å²) in [4.78, 5) is 35.2. The van der Waals surface area contributed by atoms with Gasteiger partial charge >= 0.3 is 0 Å². The molecule has 1 amide bonds. The maximum atomic E-state index is 13.4. The number of nitrogens with zero attached hydrogens (tertiary/aromatic N) is 5. The molecule has 8 nitrogen and oxygen atoms in total. The molecule has 1 aromatic carbocycles. The van der Waals surface area contributed by atoms with Crippen LogP contribution in [0.25, 0.3) is 0 Å². The summed E-state index contributed by atoms with van der Waals surface area (Å²) < 4.78 is 0. The van der Waals surface area contributed by atoms with E-state index in [1.165, 1.54) is 50.9 Å². The van der Waals surface area contributed by atoms with E-state index in [2.05, 4.69) is 55.7 Å². The molecule has 0 radical (unpaired) electrons. The lowest BCUT2D eigenvalue weighted by atomic mass is 9.72. The van der Waals surface area contributed by atoms with Crippen molar-refractivity contribution in [2.45, 2.75) is 59.2 Å². The van der Waals surface area contributed by atoms with E-state index >= 15 is 0 Å². The largest absolute Gasteiger partial charge is 0.347 e. The van der Waals surface area contributed by atoms with Gasteiger partial charge in [-0.3, -0.25) is 9.69 Å². The normalized spacial score (nSPS) is 18.5. The van der Waals surface area contributed by atoms with Crippen LogP contribution >= 0.6 is 0 Å². The highest BCUT2D eigenvalue weighted by molar-refractivity contribution is 5.94. The molecular weight excluding hydrogens is 462 g/mol. The SMILES string of the molecule is CC(C)CN1CCCC2(CCN(Cc3ccc(C(=O)N(Cc4ncc[nH]4)Cc4ncc[nH]4)cc3)CC2)C1. The minimum absolute atomic E-state index is 0.0254. The summed E-state index contributed by atoms with van der Waals surface area (Å²) in [7, 11) is 0. The fourth-order valence-corrected chi connectivity index (χ4v) is 6.10. The second kappa shape index (κ2) is 11.6. The molecule has 4 heterocycles. The zero-order valence-electron chi connectivity index (χ0n) is 22.3. The minimum atomic E-state index is -0.0254. The van der Waals surface area contributed by atoms with Crippen molar-refractivity contribution in [3.05, 3.63) is 71.8 Å². The fourth-order valence-electron chi connectivity index (χ4n) is 6.10. The summed E-state index contributed by atoms with van der Waals surface area (Å²) in [6, 6.07) is 8.15. The molecule has 5 rings (SSSR count). The lowest BCUT2D eigenvalue weighted by molar-refractivity contribution is 0.0176. The third-order valence-corrected chi connectivity index (χ3v) is 7.97. The van der Waals surface area contributed by atoms with Gasteiger partial charge in [0.2, 0.25) is 0 Å². The third-order valence-electron chi connectivity index (χ3n) is 7.97. The molecule has 198 valence electrons. The maximum Gasteiger partial charge on any atom is 0.254 e. The van der Waals surface area contributed by atoms with Crippen LogP contribution in [0.5, 0.6) is 0 Å². The molecule has 2 N–H and O–H groups in total. The smallest absolute Gasteiger partial charge is 0.254 e. The van der Waals surface area contributed by atoms with Gasteiger partial charge in [-0.05, 0) is 74.3 Å². The number of hydrogen-bond acceptors (Lipinski definition) is 5. The van der Waals surface area contributed by atoms with E-state index in [0.29, 0.717) is 24.1 Å². The van der Waals surface area contributed by atoms with Crippen molar-refractivity contribution in [2.75, 3.05) is 32.7 Å². The lowest BCUT2D eigenvalue weighted by Crippen LogP contribution is -2.50. The summed E-state index contributed by atoms with van der Waals surface area (Å²) >= 11 is 0. The number of carbonyl (C=O) groups is 1. The Balaban J connectivity index is 1.17. The summed E-state index contributed by atoms with van der Waals surface area (Å²) in [6.07, 6.45) is 12.3. The minimum Gasteiger partial charge on any atom is -0.347 e. The van der Waals surface area contributed by atoms with Crippen LogP contribution in [-0.2, 0) is 19.6 Å². The molecule has 37 heavy (non-hydrogen) atoms. The highest BCUT2D eigenvalue weighted by Crippen LogP contribution is 2.40. The summed E-state index contributed by atoms with van der Waals surface area (Å²) in [5.74, 6) is 2.23. The van der Waals surface area contributed by atoms with Crippen molar-refractivity contribution >= 4 is 5.91 Å². The number of nitrogens with one attached hydrogen (secondary N) is 2. The van der Waals surface area contributed by atoms with Crippen molar-refractivity contribution in [2.24, 2.45) is 11.3 Å². The van der Waals surface area contributed by atoms with E-state index in [0.717, 1.165) is 37.2 Å². The van der Waals surface area contributed by atoms with Gasteiger partial charge < -0.3 is 19.8 Å². The van der Waals surface area contributed by atoms with E-state index in [4.69, 9.17) is 0 Å². The van der Waals surface area contributed by atoms with Crippen LogP contribution in [0.2, 0.25) is 0 Å². The molecule has 0 bridgehead atoms. The van der Waals surface area contributed by atoms with E-state index < -0.39 is 0 Å². The van der Waals surface area contributed by atoms with Gasteiger partial charge in [0, 0.05) is 50.0 Å². The Morgan fingerprint density at radius 2 is 1.59 bits per heavy atom. The van der Waals surface area contributed by atoms with Gasteiger partial charge in [0.05, 0.1) is 13.1 Å². The number of likely N-dealkylation sites (tertiary alicyclic amines) is 2. The van der Waals surface area contributed by atoms with Crippen LogP contribution in [0.1, 0.15) is 67.1 Å². The molecule has 0 atom stereocenters. The lowest BCUT2D eigenvalue weighted by Gasteiger charge is -2.48. The van der Waals surface area contributed by atoms with Crippen LogP contribution in [-0.4, -0.2) is 73.3 Å². The van der Waals surface area contributed by atoms with Crippen LogP contribution in [0.3, 0.4) is 0 Å². The van der Waals surface area contributed by atoms with Crippen molar-refractivity contribution < 1.29 is 4.79 Å². The molecule has 2 fully saturated rings. The molecule has 8 heteroatoms. The number of rotatable bonds is 9. The zero-order chi connectivity index (χ0) is 25.7. The Morgan fingerprint density at radius 3 is 2.16 bits per heavy atom. The van der Waals surface area contributed by atoms with Crippen molar-refractivity contribution in [1.82, 2.24) is 34.6 Å². The number of carbonyl (C=O) groups excluding carboxylic acids is 1. The molecule has 2 aromatic heterocycles. The number of amides is 1. The van der Waals surface area contributed by atoms with E-state index in [1.807, 2.05) is 12.1 Å². The monoisotopic (exact) mass is 503 g/mol. The Labute approximate surface area is 220 Å². The van der Waals surface area contributed by atoms with Gasteiger partial charge in [-0.2, -0.15) is 0 Å². The second-order valence-electron chi connectivity index (χ2n) is 11.4. The first-order valence-electron chi connectivity index (χ1n) is 13.8. The summed E-state index contributed by atoms with van der Waals surface area (Å²) in [5, 5.41) is 0. The molecule has 2 aliphatic heterocycles. The van der Waals surface area contributed by atoms with Gasteiger partial charge in [0.25, 0.3) is 5.91 Å². The third kappa shape index (κ3) is 6.67. The van der Waals surface area contributed by atoms with Crippen LogP contribution < -0.4 is 0 Å². The quantitative estimate of drug-likeness (QED) is 0.455. The Morgan fingerprint density at radius 1 is 0.946 bits per heavy atom. The maximum absolute atomic E-state index is 13.4. The Hall–Kier alpha value is -2.97. The molecule has 0 unspecified atom stereocenters. The Kier molecular flexibility index (Phi) is 8.05. The van der Waals surface area contributed by atoms with Gasteiger partial charge in [-0.1, -0.05) is 26.0 Å². The van der Waals surface area contributed by atoms with Crippen molar-refractivity contribution in [3.8, 4) is 0 Å². The second-order valence-corrected chi connectivity index (χ2v) is 11.4. The molecule has 3 aromatic rings. The van der Waals surface area contributed by atoms with E-state index in [1.54, 1.807) is 29.7 Å². The highest BCUT2D eigenvalue weighted by atomic mass is 16.2. The number of aromatic nitrogens is 4. The van der Waals surface area contributed by atoms with E-state index in [-0.39, 0.29) is 5.91 Å². The summed E-state index contributed by atoms with van der Waals surface area (Å²) in [6.45, 7) is 12.5. The standard InChI is InChI=1S/C29H41N7O/c1-23(2)18-35-15-3-8-29(22-35)9-16-34(17-10-29)19-24-4-6-25(7-5-24)28(37)36(20-26-30-11-12-31-26)21-27-32-13-14-33-27/h4-7,11-14,23H,3,8-10,15-22H2,1-2H3,(H,30,31)(H,32,33). The first kappa shape index (κ1) is 25.7. The zero-order valence-corrected chi connectivity index (χ0v) is 22.3. The van der Waals surface area contributed by atoms with Crippen LogP contribution in [0, 0.1) is 11.3 Å². The number of aromatic amines is 2. The number of imidazole rings is 2. The molecule has 2 aliphatic rings. The molecular formula is C29H41N7O. The topological polar surface area (TPSA) is 84.2 Å². The molecule has 0 saturated carbocycles. The van der Waals surface area contributed by atoms with Gasteiger partial charge in [-0.15, -0.1) is 0 Å². The van der Waals surface area contributed by atoms with Gasteiger partial charge in [0.1, 0.15) is 11.6 Å². The predicted molar refractivity (Wildman–Crippen MR) is 145 cm³/mol. The van der Waals surface area contributed by atoms with Crippen molar-refractivity contribution in [1.29, 1.82) is 0 Å². The predicted octanol–water partition coefficient (Wildman–Crippen LogP) is 4.31. The van der Waals surface area contributed by atoms with Crippen LogP contribution in [0.15, 0.2) is 49.1 Å². The molecule has 0 aliphatic carbocycles. The number of benzene rings is 1. The summed E-state index contributed by atoms with van der Waals surface area (Å²) in [5.41, 5.74) is 2.47. The number of piperidine rings is 2. The number of H-pyrrole nitrogens is 2. The molecule has 2 saturated heterocycles. The van der Waals surface area contributed by atoms with Gasteiger partial charge in [0.15, 0.2) is 0 Å². The van der Waals surface area contributed by atoms with Gasteiger partial charge in [-0.25, -0.2) is 9.97 Å². The first-order chi connectivity index (χ1) is 18.0. The Bertz CT molecular complexity index is 1060. The van der Waals surface area contributed by atoms with Crippen LogP contribution in [0.4, 0.5) is 0 Å². The highest BCUT2D eigenvalue weighted by Gasteiger charge is 2.38.